The molecule has 1 aromatic carbocycles. The van der Waals surface area contributed by atoms with E-state index < -0.39 is 18.3 Å². The van der Waals surface area contributed by atoms with Crippen molar-refractivity contribution < 1.29 is 20.1 Å². The van der Waals surface area contributed by atoms with Gasteiger partial charge in [0.05, 0.1) is 6.10 Å². The van der Waals surface area contributed by atoms with Crippen molar-refractivity contribution in [1.29, 1.82) is 0 Å². The molecule has 0 saturated heterocycles. The predicted octanol–water partition coefficient (Wildman–Crippen LogP) is 1.75. The molecule has 2 unspecified atom stereocenters. The number of hydrogen-bond acceptors (Lipinski definition) is 3. The Balaban J connectivity index is 2.69. The highest BCUT2D eigenvalue weighted by molar-refractivity contribution is 5.64. The molecule has 1 aromatic rings. The minimum atomic E-state index is -1.11. The summed E-state index contributed by atoms with van der Waals surface area (Å²) in [6.07, 6.45) is -2.26. The molecule has 0 spiro atoms. The maximum absolute atomic E-state index is 10.3. The Morgan fingerprint density at radius 3 is 2.67 bits per heavy atom. The summed E-state index contributed by atoms with van der Waals surface area (Å²) in [5, 5.41) is 30.3. The molecule has 5 nitrogen and oxygen atoms in total. The van der Waals surface area contributed by atoms with Crippen molar-refractivity contribution in [2.24, 2.45) is 5.92 Å². The molecule has 1 amide bonds. The zero-order valence-electron chi connectivity index (χ0n) is 12.2. The standard InChI is InChI=1S/C16H21NO4/c1-11(2)14(18)7-6-12-4-3-5-13(10-12)15(19)8-9-17-16(20)21/h3-5,10-11,14-15,17-19H,8-9H2,1-2H3,(H,20,21). The van der Waals surface area contributed by atoms with E-state index in [1.807, 2.05) is 13.8 Å². The number of carboxylic acid groups (broad SMARTS) is 1. The number of carbonyl (C=O) groups is 1. The zero-order valence-corrected chi connectivity index (χ0v) is 12.2. The largest absolute Gasteiger partial charge is 0.465 e. The molecule has 0 fully saturated rings. The summed E-state index contributed by atoms with van der Waals surface area (Å²) in [5.41, 5.74) is 1.38. The molecule has 0 radical (unpaired) electrons. The summed E-state index contributed by atoms with van der Waals surface area (Å²) in [6.45, 7) is 3.95. The van der Waals surface area contributed by atoms with Crippen LogP contribution in [0, 0.1) is 17.8 Å². The summed E-state index contributed by atoms with van der Waals surface area (Å²) in [5.74, 6) is 5.69. The molecule has 0 aliphatic rings. The summed E-state index contributed by atoms with van der Waals surface area (Å²) in [4.78, 5) is 10.3. The first-order valence-corrected chi connectivity index (χ1v) is 6.84. The number of nitrogens with one attached hydrogen (secondary N) is 1. The van der Waals surface area contributed by atoms with Crippen LogP contribution >= 0.6 is 0 Å². The van der Waals surface area contributed by atoms with E-state index in [0.29, 0.717) is 11.1 Å². The van der Waals surface area contributed by atoms with Gasteiger partial charge in [-0.1, -0.05) is 37.8 Å². The van der Waals surface area contributed by atoms with Gasteiger partial charge >= 0.3 is 6.09 Å². The monoisotopic (exact) mass is 291 g/mol. The van der Waals surface area contributed by atoms with Gasteiger partial charge in [-0.25, -0.2) is 4.79 Å². The molecule has 0 aliphatic heterocycles. The van der Waals surface area contributed by atoms with Gasteiger partial charge in [0.25, 0.3) is 0 Å². The Bertz CT molecular complexity index is 531. The number of amides is 1. The fraction of sp³-hybridized carbons (Fsp3) is 0.438. The lowest BCUT2D eigenvalue weighted by molar-refractivity contribution is 0.162. The van der Waals surface area contributed by atoms with Crippen LogP contribution in [0.15, 0.2) is 24.3 Å². The third kappa shape index (κ3) is 6.30. The van der Waals surface area contributed by atoms with E-state index in [0.717, 1.165) is 0 Å². The highest BCUT2D eigenvalue weighted by Crippen LogP contribution is 2.17. The SMILES string of the molecule is CC(C)C(O)C#Cc1cccc(C(O)CCNC(=O)O)c1. The molecule has 0 saturated carbocycles. The molecule has 1 rings (SSSR count). The van der Waals surface area contributed by atoms with Crippen LogP contribution in [0.5, 0.6) is 0 Å². The summed E-state index contributed by atoms with van der Waals surface area (Å²) < 4.78 is 0. The van der Waals surface area contributed by atoms with E-state index in [1.54, 1.807) is 24.3 Å². The quantitative estimate of drug-likeness (QED) is 0.622. The van der Waals surface area contributed by atoms with E-state index in [2.05, 4.69) is 17.2 Å². The number of rotatable bonds is 5. The van der Waals surface area contributed by atoms with Crippen LogP contribution in [0.25, 0.3) is 0 Å². The Hall–Kier alpha value is -2.03. The van der Waals surface area contributed by atoms with Gasteiger partial charge in [0.1, 0.15) is 6.10 Å². The van der Waals surface area contributed by atoms with E-state index in [1.165, 1.54) is 0 Å². The molecule has 4 N–H and O–H groups in total. The molecule has 0 bridgehead atoms. The van der Waals surface area contributed by atoms with E-state index >= 15 is 0 Å². The second kappa shape index (κ2) is 8.30. The Labute approximate surface area is 124 Å². The van der Waals surface area contributed by atoms with E-state index in [4.69, 9.17) is 5.11 Å². The van der Waals surface area contributed by atoms with Crippen LogP contribution in [0.2, 0.25) is 0 Å². The smallest absolute Gasteiger partial charge is 0.404 e. The average Bonchev–Trinajstić information content (AvgIpc) is 2.44. The van der Waals surface area contributed by atoms with Crippen molar-refractivity contribution >= 4 is 6.09 Å². The maximum Gasteiger partial charge on any atom is 0.404 e. The zero-order chi connectivity index (χ0) is 15.8. The van der Waals surface area contributed by atoms with Crippen LogP contribution < -0.4 is 5.32 Å². The van der Waals surface area contributed by atoms with Crippen molar-refractivity contribution in [2.45, 2.75) is 32.5 Å². The molecule has 0 aliphatic carbocycles. The van der Waals surface area contributed by atoms with Crippen LogP contribution in [-0.4, -0.2) is 34.1 Å². The minimum Gasteiger partial charge on any atom is -0.465 e. The van der Waals surface area contributed by atoms with Crippen LogP contribution in [0.4, 0.5) is 4.79 Å². The molecule has 0 heterocycles. The van der Waals surface area contributed by atoms with Gasteiger partial charge in [0.15, 0.2) is 0 Å². The first-order valence-electron chi connectivity index (χ1n) is 6.84. The van der Waals surface area contributed by atoms with Gasteiger partial charge in [0, 0.05) is 12.1 Å². The van der Waals surface area contributed by atoms with Crippen LogP contribution in [0.1, 0.15) is 37.5 Å². The van der Waals surface area contributed by atoms with E-state index in [9.17, 15) is 15.0 Å². The van der Waals surface area contributed by atoms with Crippen molar-refractivity contribution in [1.82, 2.24) is 5.32 Å². The third-order valence-corrected chi connectivity index (χ3v) is 2.96. The van der Waals surface area contributed by atoms with Crippen molar-refractivity contribution in [3.63, 3.8) is 0 Å². The highest BCUT2D eigenvalue weighted by Gasteiger charge is 2.08. The molecule has 114 valence electrons. The Kier molecular flexibility index (Phi) is 6.73. The van der Waals surface area contributed by atoms with E-state index in [-0.39, 0.29) is 18.9 Å². The Morgan fingerprint density at radius 2 is 2.05 bits per heavy atom. The normalized spacial score (nSPS) is 13.2. The highest BCUT2D eigenvalue weighted by atomic mass is 16.4. The van der Waals surface area contributed by atoms with Crippen LogP contribution in [-0.2, 0) is 0 Å². The maximum atomic E-state index is 10.3. The van der Waals surface area contributed by atoms with Gasteiger partial charge < -0.3 is 20.6 Å². The van der Waals surface area contributed by atoms with Crippen molar-refractivity contribution in [3.05, 3.63) is 35.4 Å². The second-order valence-electron chi connectivity index (χ2n) is 5.12. The minimum absolute atomic E-state index is 0.0633. The molecule has 0 aromatic heterocycles. The number of aliphatic hydroxyl groups is 2. The number of hydrogen-bond donors (Lipinski definition) is 4. The molecular formula is C16H21NO4. The second-order valence-corrected chi connectivity index (χ2v) is 5.12. The van der Waals surface area contributed by atoms with Gasteiger partial charge in [-0.05, 0) is 30.0 Å². The molecule has 2 atom stereocenters. The summed E-state index contributed by atoms with van der Waals surface area (Å²) in [6, 6.07) is 7.07. The van der Waals surface area contributed by atoms with Gasteiger partial charge in [-0.2, -0.15) is 0 Å². The van der Waals surface area contributed by atoms with Crippen LogP contribution in [0.3, 0.4) is 0 Å². The van der Waals surface area contributed by atoms with Gasteiger partial charge in [-0.3, -0.25) is 0 Å². The summed E-state index contributed by atoms with van der Waals surface area (Å²) in [7, 11) is 0. The van der Waals surface area contributed by atoms with Gasteiger partial charge in [-0.15, -0.1) is 0 Å². The first kappa shape index (κ1) is 17.0. The van der Waals surface area contributed by atoms with Gasteiger partial charge in [0.2, 0.25) is 0 Å². The fourth-order valence-electron chi connectivity index (χ4n) is 1.63. The molecule has 5 heteroatoms. The predicted molar refractivity (Wildman–Crippen MR) is 79.8 cm³/mol. The lowest BCUT2D eigenvalue weighted by Crippen LogP contribution is -2.23. The Morgan fingerprint density at radius 1 is 1.33 bits per heavy atom. The van der Waals surface area contributed by atoms with Crippen molar-refractivity contribution in [3.8, 4) is 11.8 Å². The number of aliphatic hydroxyl groups excluding tert-OH is 2. The third-order valence-electron chi connectivity index (χ3n) is 2.96. The average molecular weight is 291 g/mol. The molecular weight excluding hydrogens is 270 g/mol. The fourth-order valence-corrected chi connectivity index (χ4v) is 1.63. The first-order chi connectivity index (χ1) is 9.90. The summed E-state index contributed by atoms with van der Waals surface area (Å²) >= 11 is 0. The lowest BCUT2D eigenvalue weighted by Gasteiger charge is -2.11. The number of benzene rings is 1. The van der Waals surface area contributed by atoms with Crippen molar-refractivity contribution in [2.75, 3.05) is 6.54 Å². The molecule has 21 heavy (non-hydrogen) atoms. The topological polar surface area (TPSA) is 89.8 Å². The lowest BCUT2D eigenvalue weighted by atomic mass is 10.0.